The van der Waals surface area contributed by atoms with E-state index in [0.717, 1.165) is 37.9 Å². The average Bonchev–Trinajstić information content (AvgIpc) is 2.69. The van der Waals surface area contributed by atoms with Crippen LogP contribution in [0, 0.1) is 0 Å². The van der Waals surface area contributed by atoms with Crippen LogP contribution < -0.4 is 0 Å². The van der Waals surface area contributed by atoms with Gasteiger partial charge < -0.3 is 10.2 Å². The summed E-state index contributed by atoms with van der Waals surface area (Å²) in [4.78, 5) is 2.33. The van der Waals surface area contributed by atoms with Crippen LogP contribution in [0.1, 0.15) is 30.1 Å². The van der Waals surface area contributed by atoms with Crippen LogP contribution in [0.4, 0.5) is 0 Å². The lowest BCUT2D eigenvalue weighted by atomic mass is 10.0. The molecule has 2 N–H and O–H groups in total. The van der Waals surface area contributed by atoms with Crippen LogP contribution in [0.5, 0.6) is 0 Å². The second-order valence-corrected chi connectivity index (χ2v) is 5.18. The molecule has 1 saturated heterocycles. The molecule has 1 aromatic rings. The van der Waals surface area contributed by atoms with Gasteiger partial charge in [-0.25, -0.2) is 0 Å². The predicted molar refractivity (Wildman–Crippen MR) is 65.7 cm³/mol. The Labute approximate surface area is 102 Å². The van der Waals surface area contributed by atoms with E-state index >= 15 is 0 Å². The first-order valence-corrected chi connectivity index (χ1v) is 6.43. The van der Waals surface area contributed by atoms with Crippen LogP contribution in [-0.4, -0.2) is 40.3 Å². The third-order valence-electron chi connectivity index (χ3n) is 4.14. The molecule has 1 fully saturated rings. The molecule has 1 heterocycles. The smallest absolute Gasteiger partial charge is 0.0951 e. The van der Waals surface area contributed by atoms with Gasteiger partial charge in [-0.2, -0.15) is 0 Å². The molecule has 1 aliphatic heterocycles. The van der Waals surface area contributed by atoms with Crippen molar-refractivity contribution in [3.8, 4) is 0 Å². The second-order valence-electron chi connectivity index (χ2n) is 5.18. The minimum absolute atomic E-state index is 0.146. The quantitative estimate of drug-likeness (QED) is 0.763. The summed E-state index contributed by atoms with van der Waals surface area (Å²) in [5.41, 5.74) is 2.36. The molecule has 1 aromatic carbocycles. The van der Waals surface area contributed by atoms with E-state index in [2.05, 4.69) is 11.0 Å². The Bertz CT molecular complexity index is 399. The van der Waals surface area contributed by atoms with E-state index in [0.29, 0.717) is 0 Å². The Morgan fingerprint density at radius 1 is 1.06 bits per heavy atom. The minimum atomic E-state index is -0.360. The fraction of sp³-hybridized carbons (Fsp3) is 0.571. The first-order valence-electron chi connectivity index (χ1n) is 6.43. The topological polar surface area (TPSA) is 43.7 Å². The Kier molecular flexibility index (Phi) is 2.90. The Balaban J connectivity index is 1.75. The molecule has 1 aliphatic carbocycles. The second kappa shape index (κ2) is 4.41. The van der Waals surface area contributed by atoms with Crippen LogP contribution >= 0.6 is 0 Å². The van der Waals surface area contributed by atoms with E-state index in [1.54, 1.807) is 0 Å². The molecule has 3 rings (SSSR count). The van der Waals surface area contributed by atoms with Gasteiger partial charge in [-0.3, -0.25) is 4.90 Å². The van der Waals surface area contributed by atoms with E-state index < -0.39 is 0 Å². The maximum atomic E-state index is 10.4. The summed E-state index contributed by atoms with van der Waals surface area (Å²) in [5, 5.41) is 19.9. The van der Waals surface area contributed by atoms with Crippen LogP contribution in [0.25, 0.3) is 0 Å². The van der Waals surface area contributed by atoms with Crippen molar-refractivity contribution >= 4 is 0 Å². The standard InChI is InChI=1S/C14H19NO2/c16-11-5-7-15(8-6-11)13-9-10-3-1-2-4-12(10)14(13)17/h1-4,11,13-14,16-17H,5-9H2. The molecule has 0 bridgehead atoms. The number of aliphatic hydroxyl groups excluding tert-OH is 2. The normalized spacial score (nSPS) is 30.5. The van der Waals surface area contributed by atoms with Crippen molar-refractivity contribution in [2.24, 2.45) is 0 Å². The minimum Gasteiger partial charge on any atom is -0.393 e. The summed E-state index contributed by atoms with van der Waals surface area (Å²) < 4.78 is 0. The molecule has 0 spiro atoms. The summed E-state index contributed by atoms with van der Waals surface area (Å²) in [6, 6.07) is 8.37. The van der Waals surface area contributed by atoms with Gasteiger partial charge in [-0.1, -0.05) is 24.3 Å². The average molecular weight is 233 g/mol. The molecule has 0 aromatic heterocycles. The first kappa shape index (κ1) is 11.2. The van der Waals surface area contributed by atoms with Gasteiger partial charge in [0.15, 0.2) is 0 Å². The maximum Gasteiger partial charge on any atom is 0.0951 e. The molecule has 92 valence electrons. The largest absolute Gasteiger partial charge is 0.393 e. The number of hydrogen-bond donors (Lipinski definition) is 2. The van der Waals surface area contributed by atoms with Crippen molar-refractivity contribution in [1.82, 2.24) is 4.90 Å². The van der Waals surface area contributed by atoms with Gasteiger partial charge >= 0.3 is 0 Å². The molecule has 2 aliphatic rings. The number of nitrogens with zero attached hydrogens (tertiary/aromatic N) is 1. The number of benzene rings is 1. The van der Waals surface area contributed by atoms with Gasteiger partial charge in [0.1, 0.15) is 0 Å². The summed E-state index contributed by atoms with van der Waals surface area (Å²) in [7, 11) is 0. The summed E-state index contributed by atoms with van der Waals surface area (Å²) in [6.45, 7) is 1.80. The number of rotatable bonds is 1. The molecule has 3 heteroatoms. The number of aliphatic hydroxyl groups is 2. The Morgan fingerprint density at radius 2 is 1.76 bits per heavy atom. The number of fused-ring (bicyclic) bond motifs is 1. The number of hydrogen-bond acceptors (Lipinski definition) is 3. The van der Waals surface area contributed by atoms with Crippen molar-refractivity contribution in [3.05, 3.63) is 35.4 Å². The van der Waals surface area contributed by atoms with E-state index in [4.69, 9.17) is 0 Å². The highest BCUT2D eigenvalue weighted by Gasteiger charge is 2.35. The molecule has 3 nitrogen and oxygen atoms in total. The first-order chi connectivity index (χ1) is 8.25. The lowest BCUT2D eigenvalue weighted by molar-refractivity contribution is 0.0148. The van der Waals surface area contributed by atoms with Gasteiger partial charge in [0.05, 0.1) is 12.2 Å². The third-order valence-corrected chi connectivity index (χ3v) is 4.14. The zero-order valence-corrected chi connectivity index (χ0v) is 9.92. The highest BCUT2D eigenvalue weighted by atomic mass is 16.3. The van der Waals surface area contributed by atoms with Crippen LogP contribution in [0.2, 0.25) is 0 Å². The van der Waals surface area contributed by atoms with Crippen LogP contribution in [0.3, 0.4) is 0 Å². The summed E-state index contributed by atoms with van der Waals surface area (Å²) in [6.07, 6.45) is 2.10. The Hall–Kier alpha value is -0.900. The van der Waals surface area contributed by atoms with Crippen molar-refractivity contribution in [2.75, 3.05) is 13.1 Å². The molecular weight excluding hydrogens is 214 g/mol. The molecule has 2 atom stereocenters. The predicted octanol–water partition coefficient (Wildman–Crippen LogP) is 1.10. The lowest BCUT2D eigenvalue weighted by Crippen LogP contribution is -2.44. The lowest BCUT2D eigenvalue weighted by Gasteiger charge is -2.35. The van der Waals surface area contributed by atoms with Gasteiger partial charge in [0.2, 0.25) is 0 Å². The number of likely N-dealkylation sites (tertiary alicyclic amines) is 1. The van der Waals surface area contributed by atoms with E-state index in [9.17, 15) is 10.2 Å². The van der Waals surface area contributed by atoms with E-state index in [1.807, 2.05) is 18.2 Å². The van der Waals surface area contributed by atoms with Gasteiger partial charge in [0, 0.05) is 19.1 Å². The van der Waals surface area contributed by atoms with E-state index in [-0.39, 0.29) is 18.2 Å². The zero-order chi connectivity index (χ0) is 11.8. The fourth-order valence-corrected chi connectivity index (χ4v) is 3.10. The van der Waals surface area contributed by atoms with Crippen molar-refractivity contribution in [1.29, 1.82) is 0 Å². The molecule has 0 amide bonds. The molecular formula is C14H19NO2. The monoisotopic (exact) mass is 233 g/mol. The molecule has 0 saturated carbocycles. The van der Waals surface area contributed by atoms with E-state index in [1.165, 1.54) is 5.56 Å². The fourth-order valence-electron chi connectivity index (χ4n) is 3.10. The maximum absolute atomic E-state index is 10.4. The molecule has 2 unspecified atom stereocenters. The van der Waals surface area contributed by atoms with Crippen molar-refractivity contribution in [3.63, 3.8) is 0 Å². The van der Waals surface area contributed by atoms with Crippen molar-refractivity contribution < 1.29 is 10.2 Å². The van der Waals surface area contributed by atoms with Gasteiger partial charge in [0.25, 0.3) is 0 Å². The molecule has 17 heavy (non-hydrogen) atoms. The van der Waals surface area contributed by atoms with Gasteiger partial charge in [-0.15, -0.1) is 0 Å². The summed E-state index contributed by atoms with van der Waals surface area (Å²) in [5.74, 6) is 0. The van der Waals surface area contributed by atoms with Crippen molar-refractivity contribution in [2.45, 2.75) is 37.5 Å². The highest BCUT2D eigenvalue weighted by molar-refractivity contribution is 5.35. The molecule has 0 radical (unpaired) electrons. The number of piperidine rings is 1. The zero-order valence-electron chi connectivity index (χ0n) is 9.92. The van der Waals surface area contributed by atoms with Gasteiger partial charge in [-0.05, 0) is 30.4 Å². The third kappa shape index (κ3) is 1.99. The van der Waals surface area contributed by atoms with Crippen LogP contribution in [0.15, 0.2) is 24.3 Å². The van der Waals surface area contributed by atoms with Crippen LogP contribution in [-0.2, 0) is 6.42 Å². The SMILES string of the molecule is OC1CCN(C2Cc3ccccc3C2O)CC1. The summed E-state index contributed by atoms with van der Waals surface area (Å²) >= 11 is 0. The highest BCUT2D eigenvalue weighted by Crippen LogP contribution is 2.35. The Morgan fingerprint density at radius 3 is 2.47 bits per heavy atom.